The Kier molecular flexibility index (Phi) is 6.14. The third-order valence-electron chi connectivity index (χ3n) is 4.45. The van der Waals surface area contributed by atoms with Gasteiger partial charge in [-0.2, -0.15) is 0 Å². The number of hydrogen-bond donors (Lipinski definition) is 1. The number of ether oxygens (including phenoxy) is 1. The highest BCUT2D eigenvalue weighted by Gasteiger charge is 2.21. The molecular formula is C20H25N3O2. The number of rotatable bonds is 6. The normalized spacial score (nSPS) is 18.0. The Morgan fingerprint density at radius 3 is 2.88 bits per heavy atom. The predicted molar refractivity (Wildman–Crippen MR) is 97.6 cm³/mol. The lowest BCUT2D eigenvalue weighted by atomic mass is 10.1. The molecule has 1 amide bonds. The second kappa shape index (κ2) is 8.74. The zero-order chi connectivity index (χ0) is 17.5. The van der Waals surface area contributed by atoms with Crippen molar-refractivity contribution in [2.24, 2.45) is 0 Å². The van der Waals surface area contributed by atoms with Gasteiger partial charge in [-0.3, -0.25) is 14.7 Å². The molecule has 5 nitrogen and oxygen atoms in total. The second-order valence-electron chi connectivity index (χ2n) is 6.43. The molecule has 2 heterocycles. The Hall–Kier alpha value is -2.24. The number of amides is 1. The molecule has 1 fully saturated rings. The van der Waals surface area contributed by atoms with E-state index in [-0.39, 0.29) is 12.0 Å². The summed E-state index contributed by atoms with van der Waals surface area (Å²) in [5.74, 6) is -0.0995. The molecule has 1 aliphatic heterocycles. The van der Waals surface area contributed by atoms with Gasteiger partial charge in [0.05, 0.1) is 18.3 Å². The van der Waals surface area contributed by atoms with Crippen molar-refractivity contribution in [2.75, 3.05) is 32.8 Å². The fraction of sp³-hybridized carbons (Fsp3) is 0.400. The van der Waals surface area contributed by atoms with E-state index in [4.69, 9.17) is 4.74 Å². The molecule has 132 valence electrons. The molecule has 2 aromatic rings. The highest BCUT2D eigenvalue weighted by Crippen LogP contribution is 2.08. The molecule has 0 radical (unpaired) electrons. The molecule has 1 aliphatic rings. The van der Waals surface area contributed by atoms with Crippen molar-refractivity contribution in [1.29, 1.82) is 0 Å². The summed E-state index contributed by atoms with van der Waals surface area (Å²) in [4.78, 5) is 18.7. The lowest BCUT2D eigenvalue weighted by molar-refractivity contribution is -0.0259. The molecule has 25 heavy (non-hydrogen) atoms. The van der Waals surface area contributed by atoms with Gasteiger partial charge < -0.3 is 10.1 Å². The molecular weight excluding hydrogens is 314 g/mol. The summed E-state index contributed by atoms with van der Waals surface area (Å²) in [6.07, 6.45) is 2.68. The van der Waals surface area contributed by atoms with Crippen molar-refractivity contribution in [3.8, 4) is 0 Å². The number of benzene rings is 1. The van der Waals surface area contributed by atoms with E-state index < -0.39 is 0 Å². The Morgan fingerprint density at radius 2 is 2.12 bits per heavy atom. The predicted octanol–water partition coefficient (Wildman–Crippen LogP) is 2.06. The van der Waals surface area contributed by atoms with Gasteiger partial charge in [-0.15, -0.1) is 0 Å². The van der Waals surface area contributed by atoms with Crippen LogP contribution in [0.15, 0.2) is 48.7 Å². The lowest BCUT2D eigenvalue weighted by Crippen LogP contribution is -2.48. The monoisotopic (exact) mass is 339 g/mol. The van der Waals surface area contributed by atoms with Crippen LogP contribution in [0.5, 0.6) is 0 Å². The number of nitrogens with one attached hydrogen (secondary N) is 1. The molecule has 0 aliphatic carbocycles. The lowest BCUT2D eigenvalue weighted by Gasteiger charge is -2.33. The van der Waals surface area contributed by atoms with E-state index in [1.165, 1.54) is 5.56 Å². The second-order valence-corrected chi connectivity index (χ2v) is 6.43. The number of hydrogen-bond acceptors (Lipinski definition) is 4. The van der Waals surface area contributed by atoms with Gasteiger partial charge in [0.15, 0.2) is 0 Å². The third kappa shape index (κ3) is 5.37. The first-order valence-electron chi connectivity index (χ1n) is 8.79. The number of carbonyl (C=O) groups is 1. The molecule has 1 N–H and O–H groups in total. The van der Waals surface area contributed by atoms with Crippen molar-refractivity contribution in [1.82, 2.24) is 15.2 Å². The van der Waals surface area contributed by atoms with Crippen molar-refractivity contribution >= 4 is 5.91 Å². The fourth-order valence-electron chi connectivity index (χ4n) is 2.95. The first kappa shape index (κ1) is 17.6. The number of aromatic nitrogens is 1. The van der Waals surface area contributed by atoms with E-state index in [1.807, 2.05) is 19.1 Å². The van der Waals surface area contributed by atoms with E-state index >= 15 is 0 Å². The summed E-state index contributed by atoms with van der Waals surface area (Å²) in [6, 6.07) is 14.2. The van der Waals surface area contributed by atoms with Gasteiger partial charge in [-0.25, -0.2) is 0 Å². The van der Waals surface area contributed by atoms with Crippen molar-refractivity contribution < 1.29 is 9.53 Å². The van der Waals surface area contributed by atoms with Crippen LogP contribution in [0.25, 0.3) is 0 Å². The van der Waals surface area contributed by atoms with Crippen LogP contribution < -0.4 is 5.32 Å². The Morgan fingerprint density at radius 1 is 1.28 bits per heavy atom. The fourth-order valence-corrected chi connectivity index (χ4v) is 2.95. The van der Waals surface area contributed by atoms with E-state index in [1.54, 1.807) is 12.3 Å². The summed E-state index contributed by atoms with van der Waals surface area (Å²) in [7, 11) is 0. The number of aryl methyl sites for hydroxylation is 1. The molecule has 1 atom stereocenters. The standard InChI is InChI=1S/C20H25N3O2/c1-16-7-8-18(13-21-16)20(24)22-14-19-15-23(11-12-25-19)10-9-17-5-3-2-4-6-17/h2-8,13,19H,9-12,14-15H2,1H3,(H,22,24). The molecule has 5 heteroatoms. The van der Waals surface area contributed by atoms with Gasteiger partial charge in [0.25, 0.3) is 5.91 Å². The summed E-state index contributed by atoms with van der Waals surface area (Å²) < 4.78 is 5.79. The zero-order valence-electron chi connectivity index (χ0n) is 14.6. The highest BCUT2D eigenvalue weighted by molar-refractivity contribution is 5.93. The number of morpholine rings is 1. The Balaban J connectivity index is 1.43. The number of pyridine rings is 1. The van der Waals surface area contributed by atoms with Crippen LogP contribution in [0.2, 0.25) is 0 Å². The van der Waals surface area contributed by atoms with Crippen molar-refractivity contribution in [3.05, 3.63) is 65.5 Å². The van der Waals surface area contributed by atoms with Crippen LogP contribution in [0.4, 0.5) is 0 Å². The summed E-state index contributed by atoms with van der Waals surface area (Å²) in [5, 5.41) is 2.95. The number of carbonyl (C=O) groups excluding carboxylic acids is 1. The minimum atomic E-state index is -0.0995. The van der Waals surface area contributed by atoms with Gasteiger partial charge in [0.1, 0.15) is 0 Å². The van der Waals surface area contributed by atoms with Crippen molar-refractivity contribution in [2.45, 2.75) is 19.4 Å². The van der Waals surface area contributed by atoms with Crippen LogP contribution in [-0.4, -0.2) is 54.7 Å². The van der Waals surface area contributed by atoms with Crippen LogP contribution in [0.3, 0.4) is 0 Å². The largest absolute Gasteiger partial charge is 0.374 e. The third-order valence-corrected chi connectivity index (χ3v) is 4.45. The van der Waals surface area contributed by atoms with Crippen LogP contribution in [-0.2, 0) is 11.2 Å². The molecule has 1 aromatic heterocycles. The molecule has 0 bridgehead atoms. The number of nitrogens with zero attached hydrogens (tertiary/aromatic N) is 2. The highest BCUT2D eigenvalue weighted by atomic mass is 16.5. The molecule has 3 rings (SSSR count). The minimum Gasteiger partial charge on any atom is -0.374 e. The van der Waals surface area contributed by atoms with Gasteiger partial charge in [0.2, 0.25) is 0 Å². The van der Waals surface area contributed by atoms with Crippen LogP contribution in [0, 0.1) is 6.92 Å². The Labute approximate surface area is 149 Å². The molecule has 0 saturated carbocycles. The van der Waals surface area contributed by atoms with E-state index in [0.29, 0.717) is 18.7 Å². The van der Waals surface area contributed by atoms with Gasteiger partial charge in [0, 0.05) is 38.1 Å². The van der Waals surface area contributed by atoms with Crippen LogP contribution in [0.1, 0.15) is 21.6 Å². The summed E-state index contributed by atoms with van der Waals surface area (Å²) >= 11 is 0. The van der Waals surface area contributed by atoms with Gasteiger partial charge in [-0.1, -0.05) is 30.3 Å². The molecule has 1 unspecified atom stereocenters. The maximum Gasteiger partial charge on any atom is 0.252 e. The smallest absolute Gasteiger partial charge is 0.252 e. The first-order valence-corrected chi connectivity index (χ1v) is 8.79. The first-order chi connectivity index (χ1) is 12.2. The van der Waals surface area contributed by atoms with Crippen molar-refractivity contribution in [3.63, 3.8) is 0 Å². The molecule has 1 saturated heterocycles. The SMILES string of the molecule is Cc1ccc(C(=O)NCC2CN(CCc3ccccc3)CCO2)cn1. The van der Waals surface area contributed by atoms with Gasteiger partial charge >= 0.3 is 0 Å². The van der Waals surface area contributed by atoms with E-state index in [9.17, 15) is 4.79 Å². The van der Waals surface area contributed by atoms with E-state index in [2.05, 4.69) is 39.5 Å². The maximum atomic E-state index is 12.2. The average molecular weight is 339 g/mol. The summed E-state index contributed by atoms with van der Waals surface area (Å²) in [6.45, 7) is 5.94. The zero-order valence-corrected chi connectivity index (χ0v) is 14.6. The average Bonchev–Trinajstić information content (AvgIpc) is 2.66. The molecule has 0 spiro atoms. The van der Waals surface area contributed by atoms with E-state index in [0.717, 1.165) is 31.7 Å². The quantitative estimate of drug-likeness (QED) is 0.875. The minimum absolute atomic E-state index is 0.0341. The Bertz CT molecular complexity index is 673. The van der Waals surface area contributed by atoms with Gasteiger partial charge in [-0.05, 0) is 31.0 Å². The maximum absolute atomic E-state index is 12.2. The molecule has 1 aromatic carbocycles. The summed E-state index contributed by atoms with van der Waals surface area (Å²) in [5.41, 5.74) is 2.84. The topological polar surface area (TPSA) is 54.5 Å². The van der Waals surface area contributed by atoms with Crippen LogP contribution >= 0.6 is 0 Å².